The molecular formula is C5H13NO2. The van der Waals surface area contributed by atoms with Gasteiger partial charge in [0.25, 0.3) is 0 Å². The molecule has 1 N–H and O–H groups in total. The first-order valence-electron chi connectivity index (χ1n) is 2.68. The van der Waals surface area contributed by atoms with Gasteiger partial charge in [-0.1, -0.05) is 0 Å². The molecule has 0 rings (SSSR count). The second kappa shape index (κ2) is 5.03. The van der Waals surface area contributed by atoms with Crippen molar-refractivity contribution in [3.05, 3.63) is 0 Å². The third kappa shape index (κ3) is 5.88. The Morgan fingerprint density at radius 2 is 2.12 bits per heavy atom. The molecule has 0 radical (unpaired) electrons. The fourth-order valence-electron chi connectivity index (χ4n) is 0.445. The quantitative estimate of drug-likeness (QED) is 0.331. The molecule has 0 aromatic heterocycles. The molecule has 0 spiro atoms. The van der Waals surface area contributed by atoms with E-state index in [1.807, 2.05) is 19.0 Å². The lowest BCUT2D eigenvalue weighted by Gasteiger charge is -2.06. The van der Waals surface area contributed by atoms with Crippen molar-refractivity contribution in [1.82, 2.24) is 4.90 Å². The number of nitrogens with zero attached hydrogens (tertiary/aromatic N) is 1. The zero-order valence-corrected chi connectivity index (χ0v) is 5.42. The molecule has 8 heavy (non-hydrogen) atoms. The Kier molecular flexibility index (Phi) is 4.95. The summed E-state index contributed by atoms with van der Waals surface area (Å²) in [4.78, 5) is 5.91. The van der Waals surface area contributed by atoms with Gasteiger partial charge in [0.05, 0.1) is 6.61 Å². The fourth-order valence-corrected chi connectivity index (χ4v) is 0.445. The zero-order valence-electron chi connectivity index (χ0n) is 5.42. The summed E-state index contributed by atoms with van der Waals surface area (Å²) in [7, 11) is 3.97. The molecule has 0 fully saturated rings. The molecule has 0 saturated carbocycles. The maximum Gasteiger partial charge on any atom is 0.0831 e. The van der Waals surface area contributed by atoms with Gasteiger partial charge in [0.1, 0.15) is 0 Å². The van der Waals surface area contributed by atoms with Crippen molar-refractivity contribution >= 4 is 0 Å². The Morgan fingerprint density at radius 1 is 1.50 bits per heavy atom. The Labute approximate surface area is 49.8 Å². The highest BCUT2D eigenvalue weighted by Crippen LogP contribution is 1.81. The van der Waals surface area contributed by atoms with E-state index in [1.54, 1.807) is 0 Å². The predicted octanol–water partition coefficient (Wildman–Crippen LogP) is 0.428. The SMILES string of the molecule is CN(C)CCCOO. The van der Waals surface area contributed by atoms with Gasteiger partial charge < -0.3 is 4.90 Å². The lowest BCUT2D eigenvalue weighted by Crippen LogP contribution is -2.14. The molecule has 3 nitrogen and oxygen atoms in total. The van der Waals surface area contributed by atoms with Gasteiger partial charge in [0, 0.05) is 0 Å². The first kappa shape index (κ1) is 7.88. The van der Waals surface area contributed by atoms with Crippen LogP contribution in [0.3, 0.4) is 0 Å². The highest BCUT2D eigenvalue weighted by molar-refractivity contribution is 4.40. The van der Waals surface area contributed by atoms with E-state index < -0.39 is 0 Å². The van der Waals surface area contributed by atoms with Crippen LogP contribution in [0.15, 0.2) is 0 Å². The standard InChI is InChI=1S/C5H13NO2/c1-6(2)4-3-5-8-7/h7H,3-5H2,1-2H3. The summed E-state index contributed by atoms with van der Waals surface area (Å²) < 4.78 is 0. The number of rotatable bonds is 4. The minimum atomic E-state index is 0.429. The van der Waals surface area contributed by atoms with Crippen LogP contribution in [-0.2, 0) is 4.89 Å². The average molecular weight is 119 g/mol. The highest BCUT2D eigenvalue weighted by atomic mass is 17.1. The molecule has 3 heteroatoms. The summed E-state index contributed by atoms with van der Waals surface area (Å²) in [6.07, 6.45) is 0.878. The van der Waals surface area contributed by atoms with E-state index in [0.29, 0.717) is 6.61 Å². The van der Waals surface area contributed by atoms with E-state index in [2.05, 4.69) is 4.89 Å². The van der Waals surface area contributed by atoms with Crippen LogP contribution in [0.25, 0.3) is 0 Å². The van der Waals surface area contributed by atoms with E-state index in [-0.39, 0.29) is 0 Å². The van der Waals surface area contributed by atoms with Gasteiger partial charge in [-0.25, -0.2) is 4.89 Å². The predicted molar refractivity (Wildman–Crippen MR) is 31.8 cm³/mol. The van der Waals surface area contributed by atoms with Crippen molar-refractivity contribution in [2.75, 3.05) is 27.2 Å². The van der Waals surface area contributed by atoms with Crippen LogP contribution in [0.1, 0.15) is 6.42 Å². The minimum absolute atomic E-state index is 0.429. The largest absolute Gasteiger partial charge is 0.309 e. The summed E-state index contributed by atoms with van der Waals surface area (Å²) in [5, 5.41) is 7.86. The molecule has 50 valence electrons. The number of hydrogen-bond acceptors (Lipinski definition) is 3. The topological polar surface area (TPSA) is 32.7 Å². The molecule has 0 amide bonds. The van der Waals surface area contributed by atoms with E-state index >= 15 is 0 Å². The van der Waals surface area contributed by atoms with E-state index in [9.17, 15) is 0 Å². The minimum Gasteiger partial charge on any atom is -0.309 e. The second-order valence-corrected chi connectivity index (χ2v) is 1.99. The lowest BCUT2D eigenvalue weighted by atomic mass is 10.4. The van der Waals surface area contributed by atoms with Crippen LogP contribution in [0.5, 0.6) is 0 Å². The Bertz CT molecular complexity index is 47.7. The summed E-state index contributed by atoms with van der Waals surface area (Å²) >= 11 is 0. The summed E-state index contributed by atoms with van der Waals surface area (Å²) in [5.74, 6) is 0. The van der Waals surface area contributed by atoms with Crippen molar-refractivity contribution < 1.29 is 10.1 Å². The molecule has 0 bridgehead atoms. The van der Waals surface area contributed by atoms with Crippen LogP contribution in [-0.4, -0.2) is 37.4 Å². The van der Waals surface area contributed by atoms with Crippen molar-refractivity contribution in [2.24, 2.45) is 0 Å². The van der Waals surface area contributed by atoms with Crippen molar-refractivity contribution in [3.63, 3.8) is 0 Å². The first-order chi connectivity index (χ1) is 3.77. The van der Waals surface area contributed by atoms with Crippen molar-refractivity contribution in [3.8, 4) is 0 Å². The molecule has 0 aromatic rings. The molecule has 0 heterocycles. The van der Waals surface area contributed by atoms with Crippen LogP contribution in [0.4, 0.5) is 0 Å². The maximum absolute atomic E-state index is 7.86. The van der Waals surface area contributed by atoms with Crippen LogP contribution < -0.4 is 0 Å². The van der Waals surface area contributed by atoms with Gasteiger partial charge >= 0.3 is 0 Å². The third-order valence-electron chi connectivity index (χ3n) is 0.841. The molecule has 0 saturated heterocycles. The summed E-state index contributed by atoms with van der Waals surface area (Å²) in [6.45, 7) is 1.39. The smallest absolute Gasteiger partial charge is 0.0831 e. The third-order valence-corrected chi connectivity index (χ3v) is 0.841. The molecule has 0 aliphatic carbocycles. The monoisotopic (exact) mass is 119 g/mol. The Morgan fingerprint density at radius 3 is 2.50 bits per heavy atom. The van der Waals surface area contributed by atoms with Crippen molar-refractivity contribution in [1.29, 1.82) is 0 Å². The van der Waals surface area contributed by atoms with Crippen LogP contribution in [0.2, 0.25) is 0 Å². The highest BCUT2D eigenvalue weighted by Gasteiger charge is 1.87. The summed E-state index contributed by atoms with van der Waals surface area (Å²) in [6, 6.07) is 0. The molecule has 0 aromatic carbocycles. The van der Waals surface area contributed by atoms with E-state index in [1.165, 1.54) is 0 Å². The molecule has 0 aliphatic heterocycles. The zero-order chi connectivity index (χ0) is 6.41. The van der Waals surface area contributed by atoms with Gasteiger partial charge in [0.15, 0.2) is 0 Å². The molecule has 0 atom stereocenters. The molecule has 0 aliphatic rings. The number of hydrogen-bond donors (Lipinski definition) is 1. The van der Waals surface area contributed by atoms with Gasteiger partial charge in [-0.15, -0.1) is 0 Å². The van der Waals surface area contributed by atoms with Gasteiger partial charge in [-0.2, -0.15) is 0 Å². The maximum atomic E-state index is 7.86. The fraction of sp³-hybridized carbons (Fsp3) is 1.00. The molecule has 0 unspecified atom stereocenters. The van der Waals surface area contributed by atoms with E-state index in [0.717, 1.165) is 13.0 Å². The van der Waals surface area contributed by atoms with Gasteiger partial charge in [-0.05, 0) is 27.1 Å². The average Bonchev–Trinajstić information content (AvgIpc) is 1.66. The van der Waals surface area contributed by atoms with Gasteiger partial charge in [-0.3, -0.25) is 5.26 Å². The Balaban J connectivity index is 2.72. The van der Waals surface area contributed by atoms with E-state index in [4.69, 9.17) is 5.26 Å². The summed E-state index contributed by atoms with van der Waals surface area (Å²) in [5.41, 5.74) is 0. The van der Waals surface area contributed by atoms with Crippen LogP contribution >= 0.6 is 0 Å². The normalized spacial score (nSPS) is 10.5. The first-order valence-corrected chi connectivity index (χ1v) is 2.68. The second-order valence-electron chi connectivity index (χ2n) is 1.99. The molecular weight excluding hydrogens is 106 g/mol. The van der Waals surface area contributed by atoms with Crippen molar-refractivity contribution in [2.45, 2.75) is 6.42 Å². The lowest BCUT2D eigenvalue weighted by molar-refractivity contribution is -0.242. The Hall–Kier alpha value is -0.120. The van der Waals surface area contributed by atoms with Gasteiger partial charge in [0.2, 0.25) is 0 Å². The van der Waals surface area contributed by atoms with Crippen LogP contribution in [0, 0.1) is 0 Å².